The fourth-order valence-electron chi connectivity index (χ4n) is 1.89. The number of hydrogen-bond donors (Lipinski definition) is 2. The van der Waals surface area contributed by atoms with Gasteiger partial charge in [-0.25, -0.2) is 10.5 Å². The number of nitrogens with one attached hydrogen (secondary N) is 2. The first-order chi connectivity index (χ1) is 8.84. The number of pyridine rings is 1. The Morgan fingerprint density at radius 3 is 2.83 bits per heavy atom. The highest BCUT2D eigenvalue weighted by Crippen LogP contribution is 2.26. The highest BCUT2D eigenvalue weighted by atomic mass is 16.6. The normalized spacial score (nSPS) is 10.5. The minimum Gasteiger partial charge on any atom is -0.381 e. The van der Waals surface area contributed by atoms with Gasteiger partial charge in [-0.1, -0.05) is 18.2 Å². The van der Waals surface area contributed by atoms with E-state index in [2.05, 4.69) is 15.4 Å². The van der Waals surface area contributed by atoms with E-state index in [1.165, 1.54) is 0 Å². The van der Waals surface area contributed by atoms with Crippen molar-refractivity contribution in [2.75, 3.05) is 5.48 Å². The number of hydrogen-bond acceptors (Lipinski definition) is 3. The summed E-state index contributed by atoms with van der Waals surface area (Å²) >= 11 is 0. The lowest BCUT2D eigenvalue weighted by Gasteiger charge is -2.09. The monoisotopic (exact) mass is 239 g/mol. The summed E-state index contributed by atoms with van der Waals surface area (Å²) in [5, 5.41) is 1.00. The molecule has 0 amide bonds. The largest absolute Gasteiger partial charge is 0.381 e. The highest BCUT2D eigenvalue weighted by molar-refractivity contribution is 5.86. The van der Waals surface area contributed by atoms with Gasteiger partial charge >= 0.3 is 0 Å². The van der Waals surface area contributed by atoms with Crippen molar-refractivity contribution in [3.05, 3.63) is 54.4 Å². The standard InChI is InChI=1S/C14H13N3O/c1-10-9-16-14-13(10)12(7-8-15-14)18-17-11-5-3-2-4-6-11/h2-9,17H,1H3,(H,15,16). The molecule has 0 radical (unpaired) electrons. The van der Waals surface area contributed by atoms with Gasteiger partial charge in [-0.2, -0.15) is 0 Å². The molecule has 0 fully saturated rings. The van der Waals surface area contributed by atoms with Crippen LogP contribution in [0.3, 0.4) is 0 Å². The van der Waals surface area contributed by atoms with Gasteiger partial charge in [0.2, 0.25) is 0 Å². The topological polar surface area (TPSA) is 49.9 Å². The molecule has 0 spiro atoms. The summed E-state index contributed by atoms with van der Waals surface area (Å²) in [6.07, 6.45) is 3.65. The number of rotatable bonds is 3. The van der Waals surface area contributed by atoms with Crippen LogP contribution in [0.25, 0.3) is 11.0 Å². The second kappa shape index (κ2) is 4.41. The summed E-state index contributed by atoms with van der Waals surface area (Å²) in [7, 11) is 0. The number of benzene rings is 1. The predicted octanol–water partition coefficient (Wildman–Crippen LogP) is 3.28. The lowest BCUT2D eigenvalue weighted by molar-refractivity contribution is 0.409. The Bertz CT molecular complexity index is 661. The van der Waals surface area contributed by atoms with Gasteiger partial charge in [-0.3, -0.25) is 0 Å². The second-order valence-electron chi connectivity index (χ2n) is 4.07. The van der Waals surface area contributed by atoms with Gasteiger partial charge in [-0.05, 0) is 24.6 Å². The van der Waals surface area contributed by atoms with Gasteiger partial charge < -0.3 is 9.82 Å². The van der Waals surface area contributed by atoms with Crippen LogP contribution in [-0.2, 0) is 0 Å². The molecule has 0 bridgehead atoms. The molecule has 2 aromatic heterocycles. The zero-order valence-electron chi connectivity index (χ0n) is 9.97. The van der Waals surface area contributed by atoms with E-state index in [1.54, 1.807) is 6.20 Å². The first kappa shape index (κ1) is 10.7. The third kappa shape index (κ3) is 1.88. The van der Waals surface area contributed by atoms with Crippen LogP contribution in [-0.4, -0.2) is 9.97 Å². The van der Waals surface area contributed by atoms with E-state index >= 15 is 0 Å². The number of para-hydroxylation sites is 1. The number of aromatic nitrogens is 2. The maximum atomic E-state index is 5.63. The Morgan fingerprint density at radius 1 is 1.17 bits per heavy atom. The highest BCUT2D eigenvalue weighted by Gasteiger charge is 2.07. The van der Waals surface area contributed by atoms with Crippen molar-refractivity contribution < 1.29 is 4.84 Å². The molecule has 0 atom stereocenters. The predicted molar refractivity (Wildman–Crippen MR) is 71.5 cm³/mol. The molecule has 90 valence electrons. The molecule has 0 aliphatic carbocycles. The summed E-state index contributed by atoms with van der Waals surface area (Å²) in [6, 6.07) is 11.6. The number of fused-ring (bicyclic) bond motifs is 1. The van der Waals surface area contributed by atoms with Crippen LogP contribution in [0.15, 0.2) is 48.8 Å². The van der Waals surface area contributed by atoms with Crippen molar-refractivity contribution >= 4 is 16.7 Å². The smallest absolute Gasteiger partial charge is 0.167 e. The SMILES string of the molecule is Cc1c[nH]c2nccc(ONc3ccccc3)c12. The van der Waals surface area contributed by atoms with Crippen molar-refractivity contribution in [1.82, 2.24) is 9.97 Å². The Morgan fingerprint density at radius 2 is 2.00 bits per heavy atom. The fraction of sp³-hybridized carbons (Fsp3) is 0.0714. The molecule has 0 saturated carbocycles. The van der Waals surface area contributed by atoms with Crippen molar-refractivity contribution in [2.45, 2.75) is 6.92 Å². The van der Waals surface area contributed by atoms with Gasteiger partial charge in [0, 0.05) is 18.5 Å². The molecule has 0 saturated heterocycles. The van der Waals surface area contributed by atoms with Crippen molar-refractivity contribution in [2.24, 2.45) is 0 Å². The second-order valence-corrected chi connectivity index (χ2v) is 4.07. The van der Waals surface area contributed by atoms with Crippen LogP contribution in [0.5, 0.6) is 5.75 Å². The van der Waals surface area contributed by atoms with Crippen LogP contribution >= 0.6 is 0 Å². The first-order valence-corrected chi connectivity index (χ1v) is 5.75. The number of anilines is 1. The Labute approximate surface area is 105 Å². The van der Waals surface area contributed by atoms with E-state index in [-0.39, 0.29) is 0 Å². The average molecular weight is 239 g/mol. The van der Waals surface area contributed by atoms with Gasteiger partial charge in [0.15, 0.2) is 5.75 Å². The zero-order chi connectivity index (χ0) is 12.4. The molecule has 0 aliphatic rings. The molecule has 4 heteroatoms. The van der Waals surface area contributed by atoms with Crippen LogP contribution in [0.1, 0.15) is 5.56 Å². The van der Waals surface area contributed by atoms with E-state index in [0.717, 1.165) is 28.0 Å². The molecule has 0 aliphatic heterocycles. The molecule has 18 heavy (non-hydrogen) atoms. The molecular formula is C14H13N3O. The molecule has 2 N–H and O–H groups in total. The van der Waals surface area contributed by atoms with Crippen molar-refractivity contribution in [3.63, 3.8) is 0 Å². The average Bonchev–Trinajstić information content (AvgIpc) is 2.80. The van der Waals surface area contributed by atoms with E-state index in [0.29, 0.717) is 0 Å². The van der Waals surface area contributed by atoms with E-state index in [9.17, 15) is 0 Å². The number of H-pyrrole nitrogens is 1. The molecule has 1 aromatic carbocycles. The Kier molecular flexibility index (Phi) is 2.61. The molecular weight excluding hydrogens is 226 g/mol. The number of aromatic amines is 1. The molecule has 4 nitrogen and oxygen atoms in total. The van der Waals surface area contributed by atoms with Gasteiger partial charge in [0.05, 0.1) is 11.1 Å². The van der Waals surface area contributed by atoms with Crippen LogP contribution in [0.2, 0.25) is 0 Å². The summed E-state index contributed by atoms with van der Waals surface area (Å²) in [6.45, 7) is 2.02. The lowest BCUT2D eigenvalue weighted by Crippen LogP contribution is -2.04. The summed E-state index contributed by atoms with van der Waals surface area (Å²) in [4.78, 5) is 13.0. The van der Waals surface area contributed by atoms with Gasteiger partial charge in [-0.15, -0.1) is 0 Å². The zero-order valence-corrected chi connectivity index (χ0v) is 9.97. The Balaban J connectivity index is 1.89. The van der Waals surface area contributed by atoms with E-state index in [1.807, 2.05) is 49.5 Å². The van der Waals surface area contributed by atoms with Gasteiger partial charge in [0.25, 0.3) is 0 Å². The Hall–Kier alpha value is -2.49. The van der Waals surface area contributed by atoms with Gasteiger partial charge in [0.1, 0.15) is 5.65 Å². The number of aryl methyl sites for hydroxylation is 1. The van der Waals surface area contributed by atoms with Crippen molar-refractivity contribution in [3.8, 4) is 5.75 Å². The van der Waals surface area contributed by atoms with E-state index in [4.69, 9.17) is 4.84 Å². The lowest BCUT2D eigenvalue weighted by atomic mass is 10.2. The fourth-order valence-corrected chi connectivity index (χ4v) is 1.89. The molecule has 0 unspecified atom stereocenters. The number of nitrogens with zero attached hydrogens (tertiary/aromatic N) is 1. The minimum atomic E-state index is 0.766. The summed E-state index contributed by atoms with van der Waals surface area (Å²) < 4.78 is 0. The summed E-state index contributed by atoms with van der Waals surface area (Å²) in [5.74, 6) is 0.766. The molecule has 3 rings (SSSR count). The minimum absolute atomic E-state index is 0.766. The molecule has 3 aromatic rings. The third-order valence-electron chi connectivity index (χ3n) is 2.79. The van der Waals surface area contributed by atoms with E-state index < -0.39 is 0 Å². The van der Waals surface area contributed by atoms with Crippen LogP contribution in [0.4, 0.5) is 5.69 Å². The quantitative estimate of drug-likeness (QED) is 0.689. The van der Waals surface area contributed by atoms with Crippen LogP contribution in [0, 0.1) is 6.92 Å². The third-order valence-corrected chi connectivity index (χ3v) is 2.79. The first-order valence-electron chi connectivity index (χ1n) is 5.75. The maximum Gasteiger partial charge on any atom is 0.167 e. The molecule has 2 heterocycles. The van der Waals surface area contributed by atoms with Crippen LogP contribution < -0.4 is 10.3 Å². The van der Waals surface area contributed by atoms with Crippen molar-refractivity contribution in [1.29, 1.82) is 0 Å². The maximum absolute atomic E-state index is 5.63. The summed E-state index contributed by atoms with van der Waals surface area (Å²) in [5.41, 5.74) is 5.79.